The lowest BCUT2D eigenvalue weighted by molar-refractivity contribution is 0.00770. The SMILES string of the molecule is Cc1cccc(CO[C@@H](CN2CCN(S(=O)(=O)c3cccc(Cl)c3F)CC2)c2ccc(Cl)cc2)c1. The third kappa shape index (κ3) is 6.42. The number of aryl methyl sites for hydroxylation is 1. The molecule has 1 saturated heterocycles. The molecule has 3 aromatic carbocycles. The number of piperazine rings is 1. The fourth-order valence-corrected chi connectivity index (χ4v) is 6.01. The lowest BCUT2D eigenvalue weighted by Crippen LogP contribution is -2.49. The van der Waals surface area contributed by atoms with E-state index in [9.17, 15) is 12.8 Å². The molecule has 1 atom stereocenters. The van der Waals surface area contributed by atoms with Gasteiger partial charge in [-0.1, -0.05) is 71.2 Å². The van der Waals surface area contributed by atoms with E-state index >= 15 is 0 Å². The summed E-state index contributed by atoms with van der Waals surface area (Å²) in [7, 11) is -3.97. The second-order valence-corrected chi connectivity index (χ2v) is 11.3. The molecular weight excluding hydrogens is 510 g/mol. The molecule has 186 valence electrons. The average molecular weight is 537 g/mol. The number of ether oxygens (including phenoxy) is 1. The van der Waals surface area contributed by atoms with Crippen LogP contribution in [-0.2, 0) is 21.4 Å². The molecule has 0 unspecified atom stereocenters. The summed E-state index contributed by atoms with van der Waals surface area (Å²) in [6.07, 6.45) is -0.221. The molecule has 1 fully saturated rings. The zero-order chi connectivity index (χ0) is 25.0. The van der Waals surface area contributed by atoms with Crippen molar-refractivity contribution < 1.29 is 17.5 Å². The van der Waals surface area contributed by atoms with Crippen molar-refractivity contribution in [2.45, 2.75) is 24.5 Å². The zero-order valence-corrected chi connectivity index (χ0v) is 21.7. The second kappa shape index (κ2) is 11.4. The van der Waals surface area contributed by atoms with Gasteiger partial charge in [0.2, 0.25) is 10.0 Å². The minimum absolute atomic E-state index is 0.207. The predicted octanol–water partition coefficient (Wildman–Crippen LogP) is 5.71. The van der Waals surface area contributed by atoms with Crippen molar-refractivity contribution in [2.75, 3.05) is 32.7 Å². The summed E-state index contributed by atoms with van der Waals surface area (Å²) >= 11 is 11.9. The van der Waals surface area contributed by atoms with Gasteiger partial charge >= 0.3 is 0 Å². The van der Waals surface area contributed by atoms with E-state index in [-0.39, 0.29) is 29.1 Å². The van der Waals surface area contributed by atoms with Gasteiger partial charge in [0.05, 0.1) is 17.7 Å². The van der Waals surface area contributed by atoms with E-state index in [2.05, 4.69) is 11.0 Å². The first-order chi connectivity index (χ1) is 16.7. The highest BCUT2D eigenvalue weighted by atomic mass is 35.5. The molecule has 1 aliphatic heterocycles. The first-order valence-corrected chi connectivity index (χ1v) is 13.5. The number of hydrogen-bond acceptors (Lipinski definition) is 4. The Bertz CT molecular complexity index is 1260. The Balaban J connectivity index is 1.43. The molecule has 3 aromatic rings. The Morgan fingerprint density at radius 1 is 0.971 bits per heavy atom. The Hall–Kier alpha value is -2.00. The van der Waals surface area contributed by atoms with Gasteiger partial charge in [-0.2, -0.15) is 4.31 Å². The van der Waals surface area contributed by atoms with E-state index < -0.39 is 15.8 Å². The molecule has 0 aromatic heterocycles. The lowest BCUT2D eigenvalue weighted by Gasteiger charge is -2.36. The van der Waals surface area contributed by atoms with Gasteiger partial charge in [0.1, 0.15) is 4.90 Å². The van der Waals surface area contributed by atoms with Gasteiger partial charge in [0, 0.05) is 37.7 Å². The number of sulfonamides is 1. The number of nitrogens with zero attached hydrogens (tertiary/aromatic N) is 2. The number of halogens is 3. The second-order valence-electron chi connectivity index (χ2n) is 8.60. The molecule has 0 N–H and O–H groups in total. The third-order valence-corrected chi connectivity index (χ3v) is 8.52. The van der Waals surface area contributed by atoms with Crippen LogP contribution in [0.3, 0.4) is 0 Å². The van der Waals surface area contributed by atoms with E-state index in [0.29, 0.717) is 31.3 Å². The molecule has 0 radical (unpaired) electrons. The number of hydrogen-bond donors (Lipinski definition) is 0. The van der Waals surface area contributed by atoms with Crippen molar-refractivity contribution in [3.63, 3.8) is 0 Å². The maximum Gasteiger partial charge on any atom is 0.246 e. The fourth-order valence-electron chi connectivity index (χ4n) is 4.14. The largest absolute Gasteiger partial charge is 0.368 e. The molecule has 0 bridgehead atoms. The predicted molar refractivity (Wildman–Crippen MR) is 137 cm³/mol. The molecule has 0 saturated carbocycles. The van der Waals surface area contributed by atoms with Crippen LogP contribution in [0, 0.1) is 12.7 Å². The van der Waals surface area contributed by atoms with Gasteiger partial charge < -0.3 is 4.74 Å². The maximum absolute atomic E-state index is 14.4. The van der Waals surface area contributed by atoms with E-state index in [1.807, 2.05) is 49.4 Å². The van der Waals surface area contributed by atoms with Gasteiger partial charge in [-0.15, -0.1) is 0 Å². The van der Waals surface area contributed by atoms with Crippen molar-refractivity contribution in [1.82, 2.24) is 9.21 Å². The van der Waals surface area contributed by atoms with Crippen molar-refractivity contribution in [3.8, 4) is 0 Å². The van der Waals surface area contributed by atoms with Crippen molar-refractivity contribution in [3.05, 3.63) is 99.3 Å². The summed E-state index contributed by atoms with van der Waals surface area (Å²) in [6.45, 7) is 4.59. The van der Waals surface area contributed by atoms with Crippen molar-refractivity contribution >= 4 is 33.2 Å². The molecule has 5 nitrogen and oxygen atoms in total. The van der Waals surface area contributed by atoms with Gasteiger partial charge in [-0.25, -0.2) is 12.8 Å². The Morgan fingerprint density at radius 2 is 1.66 bits per heavy atom. The van der Waals surface area contributed by atoms with Crippen LogP contribution in [0.25, 0.3) is 0 Å². The average Bonchev–Trinajstić information content (AvgIpc) is 2.84. The molecule has 9 heteroatoms. The summed E-state index contributed by atoms with van der Waals surface area (Å²) in [5, 5.41) is 0.444. The van der Waals surface area contributed by atoms with Crippen LogP contribution >= 0.6 is 23.2 Å². The molecule has 4 rings (SSSR count). The van der Waals surface area contributed by atoms with Crippen molar-refractivity contribution in [1.29, 1.82) is 0 Å². The van der Waals surface area contributed by atoms with Gasteiger partial charge in [0.25, 0.3) is 0 Å². The number of rotatable bonds is 8. The first kappa shape index (κ1) is 26.1. The molecule has 0 amide bonds. The Labute approximate surface area is 216 Å². The summed E-state index contributed by atoms with van der Waals surface area (Å²) in [5.41, 5.74) is 3.25. The number of benzene rings is 3. The highest BCUT2D eigenvalue weighted by molar-refractivity contribution is 7.89. The monoisotopic (exact) mass is 536 g/mol. The van der Waals surface area contributed by atoms with Crippen LogP contribution in [0.2, 0.25) is 10.0 Å². The van der Waals surface area contributed by atoms with Gasteiger partial charge in [-0.3, -0.25) is 4.90 Å². The van der Waals surface area contributed by atoms with Gasteiger partial charge in [0.15, 0.2) is 5.82 Å². The normalized spacial score (nSPS) is 16.3. The summed E-state index contributed by atoms with van der Waals surface area (Å²) in [5.74, 6) is -0.913. The highest BCUT2D eigenvalue weighted by Crippen LogP contribution is 2.27. The van der Waals surface area contributed by atoms with Gasteiger partial charge in [-0.05, 0) is 42.3 Å². The van der Waals surface area contributed by atoms with E-state index in [0.717, 1.165) is 11.1 Å². The van der Waals surface area contributed by atoms with E-state index in [1.165, 1.54) is 28.1 Å². The molecule has 0 aliphatic carbocycles. The zero-order valence-electron chi connectivity index (χ0n) is 19.3. The van der Waals surface area contributed by atoms with Crippen LogP contribution in [-0.4, -0.2) is 50.3 Å². The quantitative estimate of drug-likeness (QED) is 0.370. The van der Waals surface area contributed by atoms with E-state index in [4.69, 9.17) is 27.9 Å². The van der Waals surface area contributed by atoms with E-state index in [1.54, 1.807) is 0 Å². The fraction of sp³-hybridized carbons (Fsp3) is 0.308. The van der Waals surface area contributed by atoms with Crippen molar-refractivity contribution in [2.24, 2.45) is 0 Å². The smallest absolute Gasteiger partial charge is 0.246 e. The molecular formula is C26H27Cl2FN2O3S. The summed E-state index contributed by atoms with van der Waals surface area (Å²) in [4.78, 5) is 1.77. The van der Waals surface area contributed by atoms with Crippen LogP contribution in [0.5, 0.6) is 0 Å². The van der Waals surface area contributed by atoms with Crippen LogP contribution < -0.4 is 0 Å². The summed E-state index contributed by atoms with van der Waals surface area (Å²) in [6, 6.07) is 19.8. The summed E-state index contributed by atoms with van der Waals surface area (Å²) < 4.78 is 48.0. The van der Waals surface area contributed by atoms with Crippen LogP contribution in [0.4, 0.5) is 4.39 Å². The minimum Gasteiger partial charge on any atom is -0.368 e. The first-order valence-electron chi connectivity index (χ1n) is 11.3. The Kier molecular flexibility index (Phi) is 8.47. The topological polar surface area (TPSA) is 49.9 Å². The lowest BCUT2D eigenvalue weighted by atomic mass is 10.1. The Morgan fingerprint density at radius 3 is 2.34 bits per heavy atom. The molecule has 1 aliphatic rings. The molecule has 35 heavy (non-hydrogen) atoms. The minimum atomic E-state index is -3.97. The maximum atomic E-state index is 14.4. The standard InChI is InChI=1S/C26H27Cl2FN2O3S/c1-19-4-2-5-20(16-19)18-34-24(21-8-10-22(27)11-9-21)17-30-12-14-31(15-13-30)35(32,33)25-7-3-6-23(28)26(25)29/h2-11,16,24H,12-15,17-18H2,1H3/t24-/m0/s1. The molecule has 0 spiro atoms. The highest BCUT2D eigenvalue weighted by Gasteiger charge is 2.32. The van der Waals surface area contributed by atoms with Crippen LogP contribution in [0.15, 0.2) is 71.6 Å². The third-order valence-electron chi connectivity index (χ3n) is 6.06. The van der Waals surface area contributed by atoms with Crippen LogP contribution in [0.1, 0.15) is 22.8 Å². The molecule has 1 heterocycles.